The van der Waals surface area contributed by atoms with Gasteiger partial charge >= 0.3 is 5.97 Å². The lowest BCUT2D eigenvalue weighted by Gasteiger charge is -2.34. The molecule has 4 rings (SSSR count). The molecule has 0 radical (unpaired) electrons. The fraction of sp³-hybridized carbons (Fsp3) is 0.227. The lowest BCUT2D eigenvalue weighted by atomic mass is 9.88. The van der Waals surface area contributed by atoms with Crippen LogP contribution in [0.5, 0.6) is 5.75 Å². The quantitative estimate of drug-likeness (QED) is 0.831. The van der Waals surface area contributed by atoms with Crippen molar-refractivity contribution in [3.8, 4) is 5.75 Å². The Morgan fingerprint density at radius 3 is 2.68 bits per heavy atom. The standard InChI is InChI=1S/C22H19NO5/c24-18-13-22(10-11-23(14-22)21(27)16-4-2-1-3-5-16)28-19-8-6-15(12-17(18)19)7-9-20(25)26/h1-9,12H,10-11,13-14H2,(H,25,26). The fourth-order valence-corrected chi connectivity index (χ4v) is 3.79. The molecular weight excluding hydrogens is 358 g/mol. The summed E-state index contributed by atoms with van der Waals surface area (Å²) in [5.41, 5.74) is 0.997. The zero-order chi connectivity index (χ0) is 19.7. The van der Waals surface area contributed by atoms with Crippen molar-refractivity contribution in [3.63, 3.8) is 0 Å². The van der Waals surface area contributed by atoms with E-state index in [0.29, 0.717) is 42.0 Å². The van der Waals surface area contributed by atoms with Crippen LogP contribution in [0.25, 0.3) is 6.08 Å². The summed E-state index contributed by atoms with van der Waals surface area (Å²) in [7, 11) is 0. The number of carbonyl (C=O) groups is 3. The lowest BCUT2D eigenvalue weighted by Crippen LogP contribution is -2.45. The minimum Gasteiger partial charge on any atom is -0.484 e. The molecular formula is C22H19NO5. The van der Waals surface area contributed by atoms with Gasteiger partial charge in [0.05, 0.1) is 18.5 Å². The molecule has 1 atom stereocenters. The van der Waals surface area contributed by atoms with E-state index in [4.69, 9.17) is 9.84 Å². The normalized spacial score (nSPS) is 21.0. The number of likely N-dealkylation sites (tertiary alicyclic amines) is 1. The second-order valence-corrected chi connectivity index (χ2v) is 7.15. The van der Waals surface area contributed by atoms with Crippen molar-refractivity contribution in [3.05, 3.63) is 71.3 Å². The highest BCUT2D eigenvalue weighted by molar-refractivity contribution is 6.01. The summed E-state index contributed by atoms with van der Waals surface area (Å²) < 4.78 is 6.19. The van der Waals surface area contributed by atoms with Crippen LogP contribution in [0, 0.1) is 0 Å². The van der Waals surface area contributed by atoms with Crippen LogP contribution >= 0.6 is 0 Å². The van der Waals surface area contributed by atoms with Gasteiger partial charge in [0.15, 0.2) is 5.78 Å². The second-order valence-electron chi connectivity index (χ2n) is 7.15. The van der Waals surface area contributed by atoms with Gasteiger partial charge in [0.2, 0.25) is 0 Å². The summed E-state index contributed by atoms with van der Waals surface area (Å²) in [6.07, 6.45) is 3.26. The Labute approximate surface area is 162 Å². The smallest absolute Gasteiger partial charge is 0.328 e. The maximum absolute atomic E-state index is 12.8. The number of benzene rings is 2. The number of rotatable bonds is 3. The van der Waals surface area contributed by atoms with Gasteiger partial charge in [-0.25, -0.2) is 4.79 Å². The van der Waals surface area contributed by atoms with Crippen molar-refractivity contribution in [2.75, 3.05) is 13.1 Å². The summed E-state index contributed by atoms with van der Waals surface area (Å²) in [6.45, 7) is 0.905. The molecule has 0 aromatic heterocycles. The monoisotopic (exact) mass is 377 g/mol. The van der Waals surface area contributed by atoms with E-state index < -0.39 is 11.6 Å². The molecule has 0 bridgehead atoms. The zero-order valence-corrected chi connectivity index (χ0v) is 15.1. The van der Waals surface area contributed by atoms with Crippen LogP contribution in [0.4, 0.5) is 0 Å². The Morgan fingerprint density at radius 1 is 1.14 bits per heavy atom. The minimum atomic E-state index is -1.05. The number of carboxylic acid groups (broad SMARTS) is 1. The van der Waals surface area contributed by atoms with E-state index in [2.05, 4.69) is 0 Å². The number of amides is 1. The number of ketones is 1. The Morgan fingerprint density at radius 2 is 1.93 bits per heavy atom. The average Bonchev–Trinajstić information content (AvgIpc) is 3.09. The third-order valence-electron chi connectivity index (χ3n) is 5.16. The van der Waals surface area contributed by atoms with Crippen LogP contribution < -0.4 is 4.74 Å². The highest BCUT2D eigenvalue weighted by Crippen LogP contribution is 2.39. The molecule has 2 aliphatic heterocycles. The first kappa shape index (κ1) is 18.0. The van der Waals surface area contributed by atoms with Gasteiger partial charge in [0.1, 0.15) is 11.4 Å². The first-order valence-electron chi connectivity index (χ1n) is 9.07. The predicted octanol–water partition coefficient (Wildman–Crippen LogP) is 3.03. The third kappa shape index (κ3) is 3.41. The van der Waals surface area contributed by atoms with Crippen molar-refractivity contribution in [2.24, 2.45) is 0 Å². The van der Waals surface area contributed by atoms with E-state index in [1.165, 1.54) is 6.08 Å². The molecule has 1 spiro atoms. The number of nitrogens with zero attached hydrogens (tertiary/aromatic N) is 1. The van der Waals surface area contributed by atoms with Gasteiger partial charge in [-0.2, -0.15) is 0 Å². The average molecular weight is 377 g/mol. The number of Topliss-reactive ketones (excluding diaryl/α,β-unsaturated/α-hetero) is 1. The Bertz CT molecular complexity index is 982. The summed E-state index contributed by atoms with van der Waals surface area (Å²) in [5, 5.41) is 8.75. The molecule has 1 N–H and O–H groups in total. The molecule has 2 aromatic carbocycles. The molecule has 142 valence electrons. The molecule has 2 aromatic rings. The van der Waals surface area contributed by atoms with Crippen molar-refractivity contribution in [1.82, 2.24) is 4.90 Å². The van der Waals surface area contributed by atoms with Crippen LogP contribution in [-0.2, 0) is 4.79 Å². The molecule has 0 saturated carbocycles. The number of carbonyl (C=O) groups excluding carboxylic acids is 2. The van der Waals surface area contributed by atoms with Gasteiger partial charge in [-0.3, -0.25) is 9.59 Å². The SMILES string of the molecule is O=C(O)C=Cc1ccc2c(c1)C(=O)CC1(CCN(C(=O)c3ccccc3)C1)O2. The van der Waals surface area contributed by atoms with E-state index in [1.807, 2.05) is 18.2 Å². The minimum absolute atomic E-state index is 0.0548. The van der Waals surface area contributed by atoms with E-state index >= 15 is 0 Å². The Hall–Kier alpha value is -3.41. The Balaban J connectivity index is 1.54. The number of aliphatic carboxylic acids is 1. The molecule has 1 amide bonds. The van der Waals surface area contributed by atoms with Crippen molar-refractivity contribution in [1.29, 1.82) is 0 Å². The van der Waals surface area contributed by atoms with Gasteiger partial charge in [-0.05, 0) is 35.9 Å². The lowest BCUT2D eigenvalue weighted by molar-refractivity contribution is -0.131. The fourth-order valence-electron chi connectivity index (χ4n) is 3.79. The number of hydrogen-bond acceptors (Lipinski definition) is 4. The van der Waals surface area contributed by atoms with Gasteiger partial charge in [0.25, 0.3) is 5.91 Å². The summed E-state index contributed by atoms with van der Waals surface area (Å²) in [6, 6.07) is 14.1. The van der Waals surface area contributed by atoms with Crippen molar-refractivity contribution >= 4 is 23.7 Å². The van der Waals surface area contributed by atoms with Gasteiger partial charge in [-0.15, -0.1) is 0 Å². The highest BCUT2D eigenvalue weighted by Gasteiger charge is 2.47. The highest BCUT2D eigenvalue weighted by atomic mass is 16.5. The largest absolute Gasteiger partial charge is 0.484 e. The van der Waals surface area contributed by atoms with Gasteiger partial charge < -0.3 is 14.7 Å². The Kier molecular flexibility index (Phi) is 4.47. The molecule has 1 unspecified atom stereocenters. The first-order chi connectivity index (χ1) is 13.5. The van der Waals surface area contributed by atoms with Crippen LogP contribution in [0.15, 0.2) is 54.6 Å². The number of carboxylic acids is 1. The van der Waals surface area contributed by atoms with Gasteiger partial charge in [0, 0.05) is 24.6 Å². The maximum Gasteiger partial charge on any atom is 0.328 e. The third-order valence-corrected chi connectivity index (χ3v) is 5.16. The number of hydrogen-bond donors (Lipinski definition) is 1. The number of ether oxygens (including phenoxy) is 1. The zero-order valence-electron chi connectivity index (χ0n) is 15.1. The molecule has 28 heavy (non-hydrogen) atoms. The summed E-state index contributed by atoms with van der Waals surface area (Å²) in [4.78, 5) is 37.9. The summed E-state index contributed by atoms with van der Waals surface area (Å²) in [5.74, 6) is -0.680. The maximum atomic E-state index is 12.8. The topological polar surface area (TPSA) is 83.9 Å². The second kappa shape index (κ2) is 6.96. The predicted molar refractivity (Wildman–Crippen MR) is 102 cm³/mol. The molecule has 1 saturated heterocycles. The molecule has 6 heteroatoms. The van der Waals surface area contributed by atoms with E-state index in [0.717, 1.165) is 6.08 Å². The van der Waals surface area contributed by atoms with E-state index in [-0.39, 0.29) is 18.1 Å². The van der Waals surface area contributed by atoms with E-state index in [9.17, 15) is 14.4 Å². The van der Waals surface area contributed by atoms with Crippen LogP contribution in [0.1, 0.15) is 39.1 Å². The molecule has 6 nitrogen and oxygen atoms in total. The molecule has 1 fully saturated rings. The first-order valence-corrected chi connectivity index (χ1v) is 9.07. The molecule has 2 aliphatic rings. The van der Waals surface area contributed by atoms with Crippen molar-refractivity contribution < 1.29 is 24.2 Å². The molecule has 2 heterocycles. The summed E-state index contributed by atoms with van der Waals surface area (Å²) >= 11 is 0. The van der Waals surface area contributed by atoms with Crippen LogP contribution in [0.2, 0.25) is 0 Å². The number of fused-ring (bicyclic) bond motifs is 1. The van der Waals surface area contributed by atoms with E-state index in [1.54, 1.807) is 35.2 Å². The van der Waals surface area contributed by atoms with Crippen LogP contribution in [0.3, 0.4) is 0 Å². The van der Waals surface area contributed by atoms with Gasteiger partial charge in [-0.1, -0.05) is 24.3 Å². The van der Waals surface area contributed by atoms with Crippen LogP contribution in [-0.4, -0.2) is 46.4 Å². The van der Waals surface area contributed by atoms with Crippen molar-refractivity contribution in [2.45, 2.75) is 18.4 Å². The molecule has 0 aliphatic carbocycles.